The highest BCUT2D eigenvalue weighted by molar-refractivity contribution is 5.89. The van der Waals surface area contributed by atoms with Gasteiger partial charge in [0.1, 0.15) is 6.61 Å². The zero-order valence-electron chi connectivity index (χ0n) is 13.5. The predicted octanol–water partition coefficient (Wildman–Crippen LogP) is 2.27. The molecule has 0 radical (unpaired) electrons. The summed E-state index contributed by atoms with van der Waals surface area (Å²) in [6.07, 6.45) is 4.60. The Morgan fingerprint density at radius 2 is 2.30 bits per heavy atom. The molecule has 1 aromatic carbocycles. The second-order valence-corrected chi connectivity index (χ2v) is 5.81. The molecule has 3 rings (SSSR count). The number of ether oxygens (including phenoxy) is 1. The second-order valence-electron chi connectivity index (χ2n) is 5.81. The van der Waals surface area contributed by atoms with Gasteiger partial charge >= 0.3 is 6.09 Å². The molecule has 2 aromatic rings. The van der Waals surface area contributed by atoms with Crippen molar-refractivity contribution in [3.63, 3.8) is 0 Å². The first-order chi connectivity index (χ1) is 11.1. The highest BCUT2D eigenvalue weighted by atomic mass is 16.6. The van der Waals surface area contributed by atoms with Crippen LogP contribution in [0.2, 0.25) is 0 Å². The number of aromatic nitrogens is 2. The minimum absolute atomic E-state index is 0.213. The number of carbonyl (C=O) groups is 1. The van der Waals surface area contributed by atoms with E-state index in [1.165, 1.54) is 5.56 Å². The molecule has 1 amide bonds. The van der Waals surface area contributed by atoms with E-state index in [2.05, 4.69) is 23.4 Å². The molecular formula is C17H22N4O2. The zero-order valence-corrected chi connectivity index (χ0v) is 13.5. The number of nitrogens with zero attached hydrogens (tertiary/aromatic N) is 3. The van der Waals surface area contributed by atoms with Crippen LogP contribution in [0.5, 0.6) is 0 Å². The van der Waals surface area contributed by atoms with Crippen LogP contribution in [0.4, 0.5) is 10.5 Å². The number of amides is 1. The summed E-state index contributed by atoms with van der Waals surface area (Å²) in [6, 6.07) is 8.26. The number of cyclic esters (lactones) is 1. The summed E-state index contributed by atoms with van der Waals surface area (Å²) in [7, 11) is 1.93. The van der Waals surface area contributed by atoms with E-state index in [-0.39, 0.29) is 12.1 Å². The number of nitrogens with one attached hydrogen (secondary N) is 1. The number of anilines is 1. The molecule has 2 heterocycles. The van der Waals surface area contributed by atoms with E-state index < -0.39 is 0 Å². The van der Waals surface area contributed by atoms with E-state index in [0.29, 0.717) is 13.2 Å². The lowest BCUT2D eigenvalue weighted by atomic mass is 10.1. The molecule has 1 aliphatic heterocycles. The molecule has 0 bridgehead atoms. The van der Waals surface area contributed by atoms with E-state index >= 15 is 0 Å². The van der Waals surface area contributed by atoms with Crippen molar-refractivity contribution in [2.24, 2.45) is 7.05 Å². The molecule has 0 saturated carbocycles. The molecule has 6 heteroatoms. The van der Waals surface area contributed by atoms with Gasteiger partial charge in [-0.25, -0.2) is 4.79 Å². The summed E-state index contributed by atoms with van der Waals surface area (Å²) in [5.74, 6) is 0. The number of carbonyl (C=O) groups excluding carboxylic acids is 1. The molecule has 122 valence electrons. The largest absolute Gasteiger partial charge is 0.447 e. The first-order valence-electron chi connectivity index (χ1n) is 7.88. The van der Waals surface area contributed by atoms with Crippen LogP contribution < -0.4 is 10.2 Å². The number of aryl methyl sites for hydroxylation is 1. The van der Waals surface area contributed by atoms with E-state index in [9.17, 15) is 4.79 Å². The Morgan fingerprint density at radius 3 is 3.00 bits per heavy atom. The lowest BCUT2D eigenvalue weighted by Gasteiger charge is -2.18. The fraction of sp³-hybridized carbons (Fsp3) is 0.412. The van der Waals surface area contributed by atoms with E-state index in [1.807, 2.05) is 42.3 Å². The van der Waals surface area contributed by atoms with Gasteiger partial charge in [-0.3, -0.25) is 9.58 Å². The van der Waals surface area contributed by atoms with Gasteiger partial charge in [0.15, 0.2) is 0 Å². The lowest BCUT2D eigenvalue weighted by molar-refractivity contribution is 0.181. The molecular weight excluding hydrogens is 292 g/mol. The first kappa shape index (κ1) is 15.6. The minimum atomic E-state index is -0.265. The van der Waals surface area contributed by atoms with Gasteiger partial charge in [-0.1, -0.05) is 12.1 Å². The van der Waals surface area contributed by atoms with Crippen molar-refractivity contribution in [1.29, 1.82) is 0 Å². The molecule has 1 atom stereocenters. The Morgan fingerprint density at radius 1 is 1.43 bits per heavy atom. The van der Waals surface area contributed by atoms with Crippen molar-refractivity contribution in [2.75, 3.05) is 24.6 Å². The van der Waals surface area contributed by atoms with Crippen molar-refractivity contribution in [3.8, 4) is 0 Å². The molecule has 6 nitrogen and oxygen atoms in total. The first-order valence-corrected chi connectivity index (χ1v) is 7.88. The van der Waals surface area contributed by atoms with Crippen molar-refractivity contribution in [2.45, 2.75) is 19.4 Å². The van der Waals surface area contributed by atoms with Crippen LogP contribution in [0, 0.1) is 0 Å². The smallest absolute Gasteiger partial charge is 0.414 e. The van der Waals surface area contributed by atoms with Crippen LogP contribution >= 0.6 is 0 Å². The summed E-state index contributed by atoms with van der Waals surface area (Å²) >= 11 is 0. The maximum atomic E-state index is 11.7. The fourth-order valence-electron chi connectivity index (χ4n) is 2.74. The predicted molar refractivity (Wildman–Crippen MR) is 88.5 cm³/mol. The van der Waals surface area contributed by atoms with Crippen molar-refractivity contribution in [1.82, 2.24) is 15.1 Å². The SMILES string of the molecule is CC(NCCc1cnn(C)c1)c1cccc(N2CCOC2=O)c1. The Bertz CT molecular complexity index is 683. The fourth-order valence-corrected chi connectivity index (χ4v) is 2.74. The van der Waals surface area contributed by atoms with Gasteiger partial charge in [0.05, 0.1) is 12.7 Å². The van der Waals surface area contributed by atoms with Crippen molar-refractivity contribution in [3.05, 3.63) is 47.8 Å². The van der Waals surface area contributed by atoms with Gasteiger partial charge in [0, 0.05) is 25.0 Å². The van der Waals surface area contributed by atoms with Gasteiger partial charge in [-0.05, 0) is 43.1 Å². The molecule has 1 N–H and O–H groups in total. The molecule has 1 aromatic heterocycles. The summed E-state index contributed by atoms with van der Waals surface area (Å²) in [5.41, 5.74) is 3.28. The summed E-state index contributed by atoms with van der Waals surface area (Å²) in [6.45, 7) is 4.08. The van der Waals surface area contributed by atoms with Gasteiger partial charge in [-0.2, -0.15) is 5.10 Å². The van der Waals surface area contributed by atoms with Gasteiger partial charge in [0.25, 0.3) is 0 Å². The Balaban J connectivity index is 1.58. The van der Waals surface area contributed by atoms with Crippen LogP contribution in [0.15, 0.2) is 36.7 Å². The Hall–Kier alpha value is -2.34. The van der Waals surface area contributed by atoms with Crippen LogP contribution in [0.1, 0.15) is 24.1 Å². The van der Waals surface area contributed by atoms with Crippen LogP contribution in [0.3, 0.4) is 0 Å². The van der Waals surface area contributed by atoms with Crippen LogP contribution in [0.25, 0.3) is 0 Å². The lowest BCUT2D eigenvalue weighted by Crippen LogP contribution is -2.24. The van der Waals surface area contributed by atoms with E-state index in [1.54, 1.807) is 4.90 Å². The van der Waals surface area contributed by atoms with Gasteiger partial charge < -0.3 is 10.1 Å². The summed E-state index contributed by atoms with van der Waals surface area (Å²) in [4.78, 5) is 13.3. The van der Waals surface area contributed by atoms with E-state index in [0.717, 1.165) is 24.2 Å². The molecule has 1 unspecified atom stereocenters. The number of hydrogen-bond donors (Lipinski definition) is 1. The molecule has 1 aliphatic rings. The van der Waals surface area contributed by atoms with Crippen LogP contribution in [-0.4, -0.2) is 35.6 Å². The van der Waals surface area contributed by atoms with Gasteiger partial charge in [0.2, 0.25) is 0 Å². The minimum Gasteiger partial charge on any atom is -0.447 e. The molecule has 23 heavy (non-hydrogen) atoms. The van der Waals surface area contributed by atoms with Crippen molar-refractivity contribution >= 4 is 11.8 Å². The second kappa shape index (κ2) is 6.83. The quantitative estimate of drug-likeness (QED) is 0.888. The number of hydrogen-bond acceptors (Lipinski definition) is 4. The third-order valence-electron chi connectivity index (χ3n) is 4.07. The summed E-state index contributed by atoms with van der Waals surface area (Å²) in [5, 5.41) is 7.69. The standard InChI is InChI=1S/C17H22N4O2/c1-13(18-7-6-14-11-19-20(2)12-14)15-4-3-5-16(10-15)21-8-9-23-17(21)22/h3-5,10-13,18H,6-9H2,1-2H3. The topological polar surface area (TPSA) is 59.4 Å². The zero-order chi connectivity index (χ0) is 16.2. The average Bonchev–Trinajstić information content (AvgIpc) is 3.16. The Labute approximate surface area is 136 Å². The maximum Gasteiger partial charge on any atom is 0.414 e. The molecule has 0 spiro atoms. The highest BCUT2D eigenvalue weighted by Crippen LogP contribution is 2.23. The van der Waals surface area contributed by atoms with Gasteiger partial charge in [-0.15, -0.1) is 0 Å². The number of benzene rings is 1. The van der Waals surface area contributed by atoms with Crippen molar-refractivity contribution < 1.29 is 9.53 Å². The summed E-state index contributed by atoms with van der Waals surface area (Å²) < 4.78 is 6.82. The normalized spacial score (nSPS) is 15.7. The third-order valence-corrected chi connectivity index (χ3v) is 4.07. The number of rotatable bonds is 6. The Kier molecular flexibility index (Phi) is 4.62. The average molecular weight is 314 g/mol. The molecule has 0 aliphatic carbocycles. The third kappa shape index (κ3) is 3.71. The van der Waals surface area contributed by atoms with E-state index in [4.69, 9.17) is 4.74 Å². The highest BCUT2D eigenvalue weighted by Gasteiger charge is 2.23. The molecule has 1 saturated heterocycles. The monoisotopic (exact) mass is 314 g/mol. The maximum absolute atomic E-state index is 11.7. The molecule has 1 fully saturated rings. The van der Waals surface area contributed by atoms with Crippen LogP contribution in [-0.2, 0) is 18.2 Å².